The van der Waals surface area contributed by atoms with Crippen molar-refractivity contribution in [1.82, 2.24) is 15.5 Å². The molecule has 0 radical (unpaired) electrons. The van der Waals surface area contributed by atoms with Crippen molar-refractivity contribution < 1.29 is 14.2 Å². The van der Waals surface area contributed by atoms with Crippen LogP contribution in [0.15, 0.2) is 23.2 Å². The summed E-state index contributed by atoms with van der Waals surface area (Å²) in [6.07, 6.45) is 2.18. The van der Waals surface area contributed by atoms with Gasteiger partial charge in [0.1, 0.15) is 11.9 Å². The van der Waals surface area contributed by atoms with E-state index in [1.54, 1.807) is 0 Å². The minimum absolute atomic E-state index is 0. The van der Waals surface area contributed by atoms with Gasteiger partial charge in [-0.15, -0.1) is 24.0 Å². The van der Waals surface area contributed by atoms with Crippen LogP contribution in [0.2, 0.25) is 0 Å². The third kappa shape index (κ3) is 8.56. The Morgan fingerprint density at radius 3 is 2.77 bits per heavy atom. The van der Waals surface area contributed by atoms with Crippen LogP contribution in [0.25, 0.3) is 0 Å². The number of aliphatic imine (C=N–C) groups is 1. The predicted octanol–water partition coefficient (Wildman–Crippen LogP) is 2.56. The Morgan fingerprint density at radius 1 is 1.20 bits per heavy atom. The summed E-state index contributed by atoms with van der Waals surface area (Å²) in [6.45, 7) is 12.8. The highest BCUT2D eigenvalue weighted by Crippen LogP contribution is 2.24. The summed E-state index contributed by atoms with van der Waals surface area (Å²) >= 11 is 0. The van der Waals surface area contributed by atoms with Crippen LogP contribution in [-0.2, 0) is 16.0 Å². The average Bonchev–Trinajstić information content (AvgIpc) is 3.24. The van der Waals surface area contributed by atoms with Gasteiger partial charge < -0.3 is 24.8 Å². The van der Waals surface area contributed by atoms with Crippen LogP contribution in [0.3, 0.4) is 0 Å². The van der Waals surface area contributed by atoms with E-state index >= 15 is 0 Å². The number of guanidine groups is 1. The van der Waals surface area contributed by atoms with Gasteiger partial charge in [0.15, 0.2) is 5.96 Å². The molecule has 8 heteroatoms. The summed E-state index contributed by atoms with van der Waals surface area (Å²) < 4.78 is 17.0. The van der Waals surface area contributed by atoms with Crippen LogP contribution >= 0.6 is 24.0 Å². The predicted molar refractivity (Wildman–Crippen MR) is 131 cm³/mol. The third-order valence-corrected chi connectivity index (χ3v) is 5.20. The first-order valence-electron chi connectivity index (χ1n) is 10.9. The van der Waals surface area contributed by atoms with E-state index in [-0.39, 0.29) is 30.1 Å². The number of nitrogens with zero attached hydrogens (tertiary/aromatic N) is 2. The topological polar surface area (TPSA) is 67.4 Å². The molecular weight excluding hydrogens is 495 g/mol. The molecule has 0 bridgehead atoms. The van der Waals surface area contributed by atoms with Crippen LogP contribution in [-0.4, -0.2) is 76.1 Å². The smallest absolute Gasteiger partial charge is 0.191 e. The molecular formula is C22H37IN4O3. The van der Waals surface area contributed by atoms with Crippen molar-refractivity contribution in [2.75, 3.05) is 59.2 Å². The second kappa shape index (κ2) is 14.1. The summed E-state index contributed by atoms with van der Waals surface area (Å²) in [7, 11) is 0. The minimum atomic E-state index is 0. The normalized spacial score (nSPS) is 19.9. The Hall–Kier alpha value is -1.10. The highest BCUT2D eigenvalue weighted by atomic mass is 127. The number of halogens is 1. The van der Waals surface area contributed by atoms with Gasteiger partial charge in [-0.1, -0.05) is 12.1 Å². The molecule has 1 aromatic rings. The molecule has 30 heavy (non-hydrogen) atoms. The molecule has 2 heterocycles. The van der Waals surface area contributed by atoms with E-state index in [9.17, 15) is 0 Å². The van der Waals surface area contributed by atoms with E-state index < -0.39 is 0 Å². The van der Waals surface area contributed by atoms with Crippen LogP contribution in [0.4, 0.5) is 0 Å². The van der Waals surface area contributed by atoms with Crippen molar-refractivity contribution in [1.29, 1.82) is 0 Å². The number of ether oxygens (including phenoxy) is 3. The van der Waals surface area contributed by atoms with E-state index in [1.165, 1.54) is 5.56 Å². The highest BCUT2D eigenvalue weighted by molar-refractivity contribution is 14.0. The zero-order valence-corrected chi connectivity index (χ0v) is 20.7. The van der Waals surface area contributed by atoms with E-state index in [0.717, 1.165) is 82.7 Å². The lowest BCUT2D eigenvalue weighted by molar-refractivity contribution is 0.0376. The number of rotatable bonds is 9. The van der Waals surface area contributed by atoms with E-state index in [0.29, 0.717) is 13.2 Å². The van der Waals surface area contributed by atoms with Crippen LogP contribution in [0, 0.1) is 6.92 Å². The largest absolute Gasteiger partial charge is 0.488 e. The Labute approximate surface area is 197 Å². The van der Waals surface area contributed by atoms with Gasteiger partial charge in [-0.25, -0.2) is 4.99 Å². The fraction of sp³-hybridized carbons (Fsp3) is 0.682. The molecule has 7 nitrogen and oxygen atoms in total. The van der Waals surface area contributed by atoms with Gasteiger partial charge in [0, 0.05) is 38.2 Å². The molecule has 2 N–H and O–H groups in total. The van der Waals surface area contributed by atoms with Crippen molar-refractivity contribution >= 4 is 29.9 Å². The van der Waals surface area contributed by atoms with Crippen molar-refractivity contribution in [3.05, 3.63) is 29.3 Å². The van der Waals surface area contributed by atoms with Crippen LogP contribution < -0.4 is 15.4 Å². The molecule has 2 aliphatic heterocycles. The summed E-state index contributed by atoms with van der Waals surface area (Å²) in [5.74, 6) is 1.78. The van der Waals surface area contributed by atoms with Crippen molar-refractivity contribution in [3.63, 3.8) is 0 Å². The third-order valence-electron chi connectivity index (χ3n) is 5.20. The average molecular weight is 532 g/mol. The molecule has 0 spiro atoms. The van der Waals surface area contributed by atoms with Crippen LogP contribution in [0.5, 0.6) is 5.75 Å². The first-order chi connectivity index (χ1) is 14.2. The summed E-state index contributed by atoms with van der Waals surface area (Å²) in [5, 5.41) is 6.79. The lowest BCUT2D eigenvalue weighted by Crippen LogP contribution is -2.40. The standard InChI is InChI=1S/C22H36N4O3.HI/c1-3-23-22(24-8-4-9-26-10-13-27-14-11-26)25-16-19-6-5-18(2)15-21(19)29-20-7-12-28-17-20;/h5-6,15,20H,3-4,7-14,16-17H2,1-2H3,(H2,23,24,25);1H. The van der Waals surface area contributed by atoms with Gasteiger partial charge in [-0.3, -0.25) is 4.90 Å². The Bertz CT molecular complexity index is 647. The summed E-state index contributed by atoms with van der Waals surface area (Å²) in [6, 6.07) is 6.34. The maximum atomic E-state index is 6.19. The number of aryl methyl sites for hydroxylation is 1. The molecule has 0 amide bonds. The van der Waals surface area contributed by atoms with E-state index in [2.05, 4.69) is 47.6 Å². The Morgan fingerprint density at radius 2 is 2.03 bits per heavy atom. The monoisotopic (exact) mass is 532 g/mol. The molecule has 3 rings (SSSR count). The van der Waals surface area contributed by atoms with Crippen LogP contribution in [0.1, 0.15) is 30.9 Å². The number of benzene rings is 1. The second-order valence-corrected chi connectivity index (χ2v) is 7.64. The van der Waals surface area contributed by atoms with Gasteiger partial charge in [-0.2, -0.15) is 0 Å². The van der Waals surface area contributed by atoms with E-state index in [4.69, 9.17) is 19.2 Å². The fourth-order valence-corrected chi connectivity index (χ4v) is 3.53. The zero-order valence-electron chi connectivity index (χ0n) is 18.3. The fourth-order valence-electron chi connectivity index (χ4n) is 3.53. The Balaban J connectivity index is 0.00000320. The zero-order chi connectivity index (χ0) is 20.3. The number of hydrogen-bond donors (Lipinski definition) is 2. The molecule has 0 aliphatic carbocycles. The molecule has 2 saturated heterocycles. The molecule has 2 fully saturated rings. The SMILES string of the molecule is CCNC(=NCc1ccc(C)cc1OC1CCOC1)NCCCN1CCOCC1.I. The molecule has 0 saturated carbocycles. The highest BCUT2D eigenvalue weighted by Gasteiger charge is 2.18. The molecule has 1 aromatic carbocycles. The van der Waals surface area contributed by atoms with Gasteiger partial charge in [0.2, 0.25) is 0 Å². The van der Waals surface area contributed by atoms with Crippen molar-refractivity contribution in [2.24, 2.45) is 4.99 Å². The summed E-state index contributed by atoms with van der Waals surface area (Å²) in [5.41, 5.74) is 2.30. The second-order valence-electron chi connectivity index (χ2n) is 7.64. The number of morpholine rings is 1. The van der Waals surface area contributed by atoms with Crippen molar-refractivity contribution in [3.8, 4) is 5.75 Å². The first-order valence-corrected chi connectivity index (χ1v) is 10.9. The lowest BCUT2D eigenvalue weighted by atomic mass is 10.1. The van der Waals surface area contributed by atoms with E-state index in [1.807, 2.05) is 0 Å². The van der Waals surface area contributed by atoms with Gasteiger partial charge in [0.25, 0.3) is 0 Å². The lowest BCUT2D eigenvalue weighted by Gasteiger charge is -2.26. The maximum absolute atomic E-state index is 6.19. The molecule has 1 unspecified atom stereocenters. The maximum Gasteiger partial charge on any atom is 0.191 e. The van der Waals surface area contributed by atoms with Gasteiger partial charge in [-0.05, 0) is 38.4 Å². The summed E-state index contributed by atoms with van der Waals surface area (Å²) in [4.78, 5) is 7.24. The molecule has 1 atom stereocenters. The number of nitrogens with one attached hydrogen (secondary N) is 2. The Kier molecular flexibility index (Phi) is 11.8. The molecule has 170 valence electrons. The van der Waals surface area contributed by atoms with Gasteiger partial charge in [0.05, 0.1) is 33.0 Å². The first kappa shape index (κ1) is 25.2. The number of hydrogen-bond acceptors (Lipinski definition) is 5. The molecule has 0 aromatic heterocycles. The quantitative estimate of drug-likeness (QED) is 0.221. The minimum Gasteiger partial charge on any atom is -0.488 e. The van der Waals surface area contributed by atoms with Crippen molar-refractivity contribution in [2.45, 2.75) is 39.3 Å². The molecule has 2 aliphatic rings. The van der Waals surface area contributed by atoms with Gasteiger partial charge >= 0.3 is 0 Å².